The number of fused-ring (bicyclic) bond motifs is 4. The van der Waals surface area contributed by atoms with Crippen molar-refractivity contribution in [3.8, 4) is 23.0 Å². The molecule has 0 unspecified atom stereocenters. The third-order valence-corrected chi connectivity index (χ3v) is 8.67. The van der Waals surface area contributed by atoms with Crippen molar-refractivity contribution in [1.29, 1.82) is 0 Å². The molecule has 0 aromatic heterocycles. The monoisotopic (exact) mass is 788 g/mol. The van der Waals surface area contributed by atoms with Crippen molar-refractivity contribution >= 4 is 107 Å². The average Bonchev–Trinajstić information content (AvgIpc) is 2.95. The number of methoxy groups -OCH3 is 4. The summed E-state index contributed by atoms with van der Waals surface area (Å²) < 4.78 is 26.6. The Labute approximate surface area is 266 Å². The molecule has 0 bridgehead atoms. The summed E-state index contributed by atoms with van der Waals surface area (Å²) in [5.74, 6) is 3.46. The van der Waals surface area contributed by atoms with Crippen LogP contribution in [0.3, 0.4) is 0 Å². The molecule has 204 valence electrons. The van der Waals surface area contributed by atoms with Crippen LogP contribution in [0.15, 0.2) is 90.7 Å². The van der Waals surface area contributed by atoms with Crippen molar-refractivity contribution in [2.45, 2.75) is 0 Å². The predicted molar refractivity (Wildman–Crippen MR) is 180 cm³/mol. The van der Waals surface area contributed by atoms with Gasteiger partial charge in [-0.3, -0.25) is 0 Å². The lowest BCUT2D eigenvalue weighted by molar-refractivity contribution is 0.417. The molecule has 0 radical (unpaired) electrons. The molecule has 0 aliphatic heterocycles. The van der Waals surface area contributed by atoms with Crippen LogP contribution in [0.1, 0.15) is 0 Å². The Balaban J connectivity index is 0.000000161. The summed E-state index contributed by atoms with van der Waals surface area (Å²) in [5, 5.41) is 8.30. The van der Waals surface area contributed by atoms with Crippen LogP contribution in [0.25, 0.3) is 43.1 Å². The van der Waals surface area contributed by atoms with Gasteiger partial charge in [0.2, 0.25) is 0 Å². The first-order valence-electron chi connectivity index (χ1n) is 12.2. The third kappa shape index (κ3) is 5.27. The molecule has 0 saturated heterocycles. The first kappa shape index (κ1) is 29.0. The molecule has 0 aliphatic rings. The standard InChI is InChI=1S/2C16H12Br2O2/c2*1-19-15-11-5-3-10(18)8-14(11)16(20-2)12-6-4-9(17)7-13(12)15/h2*3-8H,1-2H3. The Bertz CT molecular complexity index is 1630. The minimum Gasteiger partial charge on any atom is -0.495 e. The van der Waals surface area contributed by atoms with Gasteiger partial charge < -0.3 is 18.9 Å². The van der Waals surface area contributed by atoms with E-state index in [1.54, 1.807) is 28.4 Å². The second kappa shape index (κ2) is 12.1. The Hall–Kier alpha value is -2.52. The average molecular weight is 792 g/mol. The summed E-state index contributed by atoms with van der Waals surface area (Å²) in [7, 11) is 6.79. The van der Waals surface area contributed by atoms with E-state index in [4.69, 9.17) is 18.9 Å². The van der Waals surface area contributed by atoms with Gasteiger partial charge in [0.1, 0.15) is 23.0 Å². The molecule has 40 heavy (non-hydrogen) atoms. The van der Waals surface area contributed by atoms with E-state index in [9.17, 15) is 0 Å². The first-order chi connectivity index (χ1) is 19.3. The zero-order valence-electron chi connectivity index (χ0n) is 22.1. The van der Waals surface area contributed by atoms with Gasteiger partial charge in [0.25, 0.3) is 0 Å². The molecule has 4 nitrogen and oxygen atoms in total. The van der Waals surface area contributed by atoms with Gasteiger partial charge in [0, 0.05) is 61.0 Å². The molecule has 6 aromatic carbocycles. The highest BCUT2D eigenvalue weighted by Crippen LogP contribution is 2.45. The lowest BCUT2D eigenvalue weighted by Crippen LogP contribution is -1.93. The number of rotatable bonds is 4. The molecular weight excluding hydrogens is 768 g/mol. The second-order valence-electron chi connectivity index (χ2n) is 8.89. The summed E-state index contributed by atoms with van der Waals surface area (Å²) in [4.78, 5) is 0. The minimum absolute atomic E-state index is 0.865. The van der Waals surface area contributed by atoms with Gasteiger partial charge in [-0.25, -0.2) is 0 Å². The van der Waals surface area contributed by atoms with Crippen molar-refractivity contribution in [2.24, 2.45) is 0 Å². The number of hydrogen-bond acceptors (Lipinski definition) is 4. The molecule has 0 aliphatic carbocycles. The van der Waals surface area contributed by atoms with E-state index in [2.05, 4.69) is 88.0 Å². The summed E-state index contributed by atoms with van der Waals surface area (Å²) in [6.45, 7) is 0. The molecule has 0 N–H and O–H groups in total. The van der Waals surface area contributed by atoms with Crippen LogP contribution in [0.4, 0.5) is 0 Å². The van der Waals surface area contributed by atoms with E-state index in [1.165, 1.54) is 0 Å². The number of ether oxygens (including phenoxy) is 4. The SMILES string of the molecule is COc1c2ccc(Br)cc2c(OC)c2ccc(Br)cc12.COc1c2ccc(Br)cc2c(OC)c2ccc(Br)cc12. The second-order valence-corrected chi connectivity index (χ2v) is 12.6. The fraction of sp³-hybridized carbons (Fsp3) is 0.125. The van der Waals surface area contributed by atoms with E-state index in [-0.39, 0.29) is 0 Å². The molecule has 0 saturated carbocycles. The van der Waals surface area contributed by atoms with Gasteiger partial charge in [0.05, 0.1) is 28.4 Å². The van der Waals surface area contributed by atoms with Crippen LogP contribution in [0.2, 0.25) is 0 Å². The minimum atomic E-state index is 0.865. The highest BCUT2D eigenvalue weighted by atomic mass is 79.9. The maximum atomic E-state index is 5.64. The largest absolute Gasteiger partial charge is 0.495 e. The van der Waals surface area contributed by atoms with Crippen molar-refractivity contribution in [2.75, 3.05) is 28.4 Å². The van der Waals surface area contributed by atoms with Gasteiger partial charge in [-0.2, -0.15) is 0 Å². The number of hydrogen-bond donors (Lipinski definition) is 0. The van der Waals surface area contributed by atoms with E-state index >= 15 is 0 Å². The van der Waals surface area contributed by atoms with Crippen molar-refractivity contribution in [3.63, 3.8) is 0 Å². The Morgan fingerprint density at radius 2 is 0.525 bits per heavy atom. The zero-order valence-corrected chi connectivity index (χ0v) is 28.4. The van der Waals surface area contributed by atoms with E-state index in [1.807, 2.05) is 48.5 Å². The Morgan fingerprint density at radius 1 is 0.325 bits per heavy atom. The van der Waals surface area contributed by atoms with Crippen LogP contribution in [0.5, 0.6) is 23.0 Å². The molecule has 0 spiro atoms. The van der Waals surface area contributed by atoms with Crippen LogP contribution in [-0.2, 0) is 0 Å². The summed E-state index contributed by atoms with van der Waals surface area (Å²) in [6.07, 6.45) is 0. The van der Waals surface area contributed by atoms with Crippen LogP contribution in [-0.4, -0.2) is 28.4 Å². The maximum absolute atomic E-state index is 5.64. The Kier molecular flexibility index (Phi) is 8.80. The van der Waals surface area contributed by atoms with Crippen molar-refractivity contribution < 1.29 is 18.9 Å². The molecule has 0 heterocycles. The molecule has 0 amide bonds. The van der Waals surface area contributed by atoms with Crippen LogP contribution >= 0.6 is 63.7 Å². The molecular formula is C32H24Br4O4. The van der Waals surface area contributed by atoms with E-state index in [0.717, 1.165) is 84.0 Å². The van der Waals surface area contributed by atoms with E-state index in [0.29, 0.717) is 0 Å². The molecule has 8 heteroatoms. The molecule has 0 atom stereocenters. The van der Waals surface area contributed by atoms with Gasteiger partial charge in [-0.1, -0.05) is 63.7 Å². The van der Waals surface area contributed by atoms with Gasteiger partial charge in [-0.15, -0.1) is 0 Å². The molecule has 6 aromatic rings. The summed E-state index contributed by atoms with van der Waals surface area (Å²) in [5.41, 5.74) is 0. The van der Waals surface area contributed by atoms with Crippen molar-refractivity contribution in [1.82, 2.24) is 0 Å². The van der Waals surface area contributed by atoms with Gasteiger partial charge >= 0.3 is 0 Å². The van der Waals surface area contributed by atoms with Crippen LogP contribution < -0.4 is 18.9 Å². The highest BCUT2D eigenvalue weighted by molar-refractivity contribution is 9.11. The molecule has 0 fully saturated rings. The van der Waals surface area contributed by atoms with Gasteiger partial charge in [0.15, 0.2) is 0 Å². The number of benzene rings is 6. The fourth-order valence-corrected chi connectivity index (χ4v) is 6.51. The smallest absolute Gasteiger partial charge is 0.134 e. The maximum Gasteiger partial charge on any atom is 0.134 e. The van der Waals surface area contributed by atoms with Crippen LogP contribution in [0, 0.1) is 0 Å². The predicted octanol–water partition coefficient (Wildman–Crippen LogP) is 11.1. The molecule has 6 rings (SSSR count). The number of halogens is 4. The quantitative estimate of drug-likeness (QED) is 0.167. The Morgan fingerprint density at radius 3 is 0.700 bits per heavy atom. The normalized spacial score (nSPS) is 11.0. The lowest BCUT2D eigenvalue weighted by Gasteiger charge is -2.15. The summed E-state index contributed by atoms with van der Waals surface area (Å²) in [6, 6.07) is 24.4. The zero-order chi connectivity index (χ0) is 28.6. The summed E-state index contributed by atoms with van der Waals surface area (Å²) >= 11 is 14.1. The first-order valence-corrected chi connectivity index (χ1v) is 15.3. The highest BCUT2D eigenvalue weighted by Gasteiger charge is 2.17. The third-order valence-electron chi connectivity index (χ3n) is 6.70. The topological polar surface area (TPSA) is 36.9 Å². The van der Waals surface area contributed by atoms with Crippen molar-refractivity contribution in [3.05, 3.63) is 90.7 Å². The van der Waals surface area contributed by atoms with Gasteiger partial charge in [-0.05, 0) is 72.8 Å². The fourth-order valence-electron chi connectivity index (χ4n) is 5.07. The van der Waals surface area contributed by atoms with E-state index < -0.39 is 0 Å². The lowest BCUT2D eigenvalue weighted by atomic mass is 10.0.